The zero-order chi connectivity index (χ0) is 14.8. The van der Waals surface area contributed by atoms with Gasteiger partial charge in [0.05, 0.1) is 5.52 Å². The van der Waals surface area contributed by atoms with E-state index in [1.165, 1.54) is 0 Å². The van der Waals surface area contributed by atoms with Gasteiger partial charge in [0, 0.05) is 22.6 Å². The molecule has 0 bridgehead atoms. The minimum Gasteiger partial charge on any atom is -0.399 e. The predicted octanol–water partition coefficient (Wildman–Crippen LogP) is 2.73. The summed E-state index contributed by atoms with van der Waals surface area (Å²) in [5.41, 5.74) is 8.28. The van der Waals surface area contributed by atoms with Gasteiger partial charge >= 0.3 is 0 Å². The molecular formula is C15H13ClN4O. The number of fused-ring (bicyclic) bond motifs is 1. The first-order chi connectivity index (χ1) is 10.1. The number of carbonyl (C=O) groups is 1. The zero-order valence-electron chi connectivity index (χ0n) is 11.1. The highest BCUT2D eigenvalue weighted by atomic mass is 35.5. The van der Waals surface area contributed by atoms with Crippen LogP contribution in [0.1, 0.15) is 16.1 Å². The molecule has 5 nitrogen and oxygen atoms in total. The van der Waals surface area contributed by atoms with Crippen LogP contribution in [0.4, 0.5) is 5.69 Å². The van der Waals surface area contributed by atoms with E-state index >= 15 is 0 Å². The summed E-state index contributed by atoms with van der Waals surface area (Å²) in [6.07, 6.45) is 0. The van der Waals surface area contributed by atoms with Crippen molar-refractivity contribution in [1.82, 2.24) is 15.5 Å². The Hall–Kier alpha value is -2.53. The highest BCUT2D eigenvalue weighted by Crippen LogP contribution is 2.19. The molecule has 21 heavy (non-hydrogen) atoms. The van der Waals surface area contributed by atoms with E-state index in [0.717, 1.165) is 11.1 Å². The minimum absolute atomic E-state index is 0.272. The van der Waals surface area contributed by atoms with Crippen molar-refractivity contribution in [3.8, 4) is 0 Å². The lowest BCUT2D eigenvalue weighted by molar-refractivity contribution is 0.0947. The molecule has 0 aliphatic heterocycles. The molecule has 3 rings (SSSR count). The molecule has 0 spiro atoms. The second-order valence-electron chi connectivity index (χ2n) is 4.65. The summed E-state index contributed by atoms with van der Waals surface area (Å²) in [7, 11) is 0. The molecule has 106 valence electrons. The van der Waals surface area contributed by atoms with Crippen molar-refractivity contribution in [2.24, 2.45) is 0 Å². The van der Waals surface area contributed by atoms with Crippen LogP contribution in [0.5, 0.6) is 0 Å². The minimum atomic E-state index is -0.272. The van der Waals surface area contributed by atoms with Crippen LogP contribution in [-0.4, -0.2) is 16.1 Å². The first kappa shape index (κ1) is 13.5. The molecular weight excluding hydrogens is 288 g/mol. The molecule has 0 aliphatic rings. The number of nitrogens with two attached hydrogens (primary N) is 1. The van der Waals surface area contributed by atoms with E-state index in [0.29, 0.717) is 28.3 Å². The molecule has 6 heteroatoms. The summed E-state index contributed by atoms with van der Waals surface area (Å²) in [6, 6.07) is 12.6. The first-order valence-electron chi connectivity index (χ1n) is 6.40. The molecule has 0 saturated heterocycles. The fraction of sp³-hybridized carbons (Fsp3) is 0.0667. The number of H-pyrrole nitrogens is 1. The quantitative estimate of drug-likeness (QED) is 0.650. The molecule has 3 aromatic rings. The van der Waals surface area contributed by atoms with Gasteiger partial charge in [-0.05, 0) is 29.8 Å². The van der Waals surface area contributed by atoms with E-state index in [1.54, 1.807) is 24.3 Å². The Balaban J connectivity index is 1.81. The van der Waals surface area contributed by atoms with Crippen LogP contribution in [0.2, 0.25) is 5.02 Å². The Morgan fingerprint density at radius 2 is 2.10 bits per heavy atom. The van der Waals surface area contributed by atoms with Crippen LogP contribution in [0.3, 0.4) is 0 Å². The number of nitrogen functional groups attached to an aromatic ring is 1. The zero-order valence-corrected chi connectivity index (χ0v) is 11.8. The lowest BCUT2D eigenvalue weighted by atomic mass is 10.1. The second-order valence-corrected chi connectivity index (χ2v) is 5.06. The standard InChI is InChI=1S/C15H13ClN4O/c16-12-4-2-1-3-9(12)8-18-15(21)14-11-7-10(17)5-6-13(11)19-20-14/h1-7H,8,17H2,(H,18,21)(H,19,20). The number of amides is 1. The van der Waals surface area contributed by atoms with E-state index in [-0.39, 0.29) is 5.91 Å². The van der Waals surface area contributed by atoms with Crippen molar-refractivity contribution in [2.75, 3.05) is 5.73 Å². The summed E-state index contributed by atoms with van der Waals surface area (Å²) >= 11 is 6.06. The molecule has 0 fully saturated rings. The summed E-state index contributed by atoms with van der Waals surface area (Å²) in [5.74, 6) is -0.272. The van der Waals surface area contributed by atoms with Crippen LogP contribution in [0.25, 0.3) is 10.9 Å². The number of anilines is 1. The Morgan fingerprint density at radius 1 is 1.29 bits per heavy atom. The molecule has 0 atom stereocenters. The van der Waals surface area contributed by atoms with Gasteiger partial charge < -0.3 is 11.1 Å². The van der Waals surface area contributed by atoms with E-state index in [2.05, 4.69) is 15.5 Å². The first-order valence-corrected chi connectivity index (χ1v) is 6.78. The van der Waals surface area contributed by atoms with Crippen LogP contribution >= 0.6 is 11.6 Å². The second kappa shape index (κ2) is 5.46. The lowest BCUT2D eigenvalue weighted by Gasteiger charge is -2.05. The van der Waals surface area contributed by atoms with Gasteiger partial charge in [0.2, 0.25) is 0 Å². The Morgan fingerprint density at radius 3 is 2.90 bits per heavy atom. The molecule has 0 aliphatic carbocycles. The van der Waals surface area contributed by atoms with Crippen LogP contribution < -0.4 is 11.1 Å². The van der Waals surface area contributed by atoms with Gasteiger partial charge in [0.15, 0.2) is 5.69 Å². The van der Waals surface area contributed by atoms with Crippen molar-refractivity contribution < 1.29 is 4.79 Å². The van der Waals surface area contributed by atoms with Gasteiger partial charge in [-0.2, -0.15) is 5.10 Å². The highest BCUT2D eigenvalue weighted by Gasteiger charge is 2.14. The number of rotatable bonds is 3. The van der Waals surface area contributed by atoms with E-state index < -0.39 is 0 Å². The molecule has 1 amide bonds. The van der Waals surface area contributed by atoms with E-state index in [9.17, 15) is 4.79 Å². The normalized spacial score (nSPS) is 10.7. The summed E-state index contributed by atoms with van der Waals surface area (Å²) in [4.78, 5) is 12.2. The van der Waals surface area contributed by atoms with Crippen molar-refractivity contribution in [3.63, 3.8) is 0 Å². The number of halogens is 1. The third-order valence-electron chi connectivity index (χ3n) is 3.20. The number of aromatic amines is 1. The summed E-state index contributed by atoms with van der Waals surface area (Å²) in [5, 5.41) is 11.0. The number of nitrogens with zero attached hydrogens (tertiary/aromatic N) is 1. The predicted molar refractivity (Wildman–Crippen MR) is 83.1 cm³/mol. The van der Waals surface area contributed by atoms with Gasteiger partial charge in [-0.25, -0.2) is 0 Å². The van der Waals surface area contributed by atoms with Gasteiger partial charge in [-0.15, -0.1) is 0 Å². The average molecular weight is 301 g/mol. The van der Waals surface area contributed by atoms with Crippen LogP contribution in [0, 0.1) is 0 Å². The monoisotopic (exact) mass is 300 g/mol. The third-order valence-corrected chi connectivity index (χ3v) is 3.57. The molecule has 1 heterocycles. The van der Waals surface area contributed by atoms with Crippen LogP contribution in [0.15, 0.2) is 42.5 Å². The number of hydrogen-bond acceptors (Lipinski definition) is 3. The van der Waals surface area contributed by atoms with Gasteiger partial charge in [-0.1, -0.05) is 29.8 Å². The number of aromatic nitrogens is 2. The lowest BCUT2D eigenvalue weighted by Crippen LogP contribution is -2.23. The van der Waals surface area contributed by atoms with Crippen molar-refractivity contribution in [3.05, 3.63) is 58.7 Å². The van der Waals surface area contributed by atoms with Gasteiger partial charge in [-0.3, -0.25) is 9.89 Å². The third kappa shape index (κ3) is 2.68. The van der Waals surface area contributed by atoms with Crippen molar-refractivity contribution in [2.45, 2.75) is 6.54 Å². The van der Waals surface area contributed by atoms with Gasteiger partial charge in [0.25, 0.3) is 5.91 Å². The molecule has 4 N–H and O–H groups in total. The Kier molecular flexibility index (Phi) is 3.50. The largest absolute Gasteiger partial charge is 0.399 e. The Labute approximate surface area is 126 Å². The maximum Gasteiger partial charge on any atom is 0.272 e. The van der Waals surface area contributed by atoms with E-state index in [1.807, 2.05) is 18.2 Å². The maximum absolute atomic E-state index is 12.2. The molecule has 0 unspecified atom stereocenters. The van der Waals surface area contributed by atoms with Crippen molar-refractivity contribution in [1.29, 1.82) is 0 Å². The summed E-state index contributed by atoms with van der Waals surface area (Å²) in [6.45, 7) is 0.342. The topological polar surface area (TPSA) is 83.8 Å². The average Bonchev–Trinajstić information content (AvgIpc) is 2.89. The van der Waals surface area contributed by atoms with Crippen molar-refractivity contribution >= 4 is 34.1 Å². The SMILES string of the molecule is Nc1ccc2[nH]nc(C(=O)NCc3ccccc3Cl)c2c1. The number of hydrogen-bond donors (Lipinski definition) is 3. The molecule has 0 saturated carbocycles. The summed E-state index contributed by atoms with van der Waals surface area (Å²) < 4.78 is 0. The molecule has 2 aromatic carbocycles. The number of benzene rings is 2. The molecule has 0 radical (unpaired) electrons. The van der Waals surface area contributed by atoms with Crippen LogP contribution in [-0.2, 0) is 6.54 Å². The Bertz CT molecular complexity index is 812. The highest BCUT2D eigenvalue weighted by molar-refractivity contribution is 6.31. The molecule has 1 aromatic heterocycles. The fourth-order valence-corrected chi connectivity index (χ4v) is 2.31. The maximum atomic E-state index is 12.2. The van der Waals surface area contributed by atoms with Gasteiger partial charge in [0.1, 0.15) is 0 Å². The fourth-order valence-electron chi connectivity index (χ4n) is 2.11. The number of carbonyl (C=O) groups excluding carboxylic acids is 1. The number of nitrogens with one attached hydrogen (secondary N) is 2. The smallest absolute Gasteiger partial charge is 0.272 e. The van der Waals surface area contributed by atoms with E-state index in [4.69, 9.17) is 17.3 Å².